The zero-order valence-corrected chi connectivity index (χ0v) is 29.7. The van der Waals surface area contributed by atoms with Crippen molar-refractivity contribution in [1.82, 2.24) is 0 Å². The molecule has 0 radical (unpaired) electrons. The number of amides is 1. The van der Waals surface area contributed by atoms with Gasteiger partial charge >= 0.3 is 0 Å². The topological polar surface area (TPSA) is 302 Å². The van der Waals surface area contributed by atoms with E-state index in [2.05, 4.69) is 38.9 Å². The summed E-state index contributed by atoms with van der Waals surface area (Å²) in [6.07, 6.45) is -0.465. The number of carbonyl (C=O) groups excluding carboxylic acids is 1. The molecular formula is C30H28N6O12S4. The van der Waals surface area contributed by atoms with E-state index in [0.717, 1.165) is 35.1 Å². The van der Waals surface area contributed by atoms with Crippen LogP contribution in [0.5, 0.6) is 5.75 Å². The summed E-state index contributed by atoms with van der Waals surface area (Å²) in [5.74, 6) is -1.85. The van der Waals surface area contributed by atoms with Crippen LogP contribution in [-0.2, 0) is 44.7 Å². The zero-order chi connectivity index (χ0) is 38.6. The number of nitrogens with zero attached hydrogens (tertiary/aromatic N) is 4. The lowest BCUT2D eigenvalue weighted by atomic mass is 10.1. The second-order valence-electron chi connectivity index (χ2n) is 10.6. The number of phenols is 1. The van der Waals surface area contributed by atoms with Crippen LogP contribution >= 0.6 is 0 Å². The maximum absolute atomic E-state index is 12.9. The number of carbonyl (C=O) groups is 1. The predicted octanol–water partition coefficient (Wildman–Crippen LogP) is 5.65. The molecule has 22 heteroatoms. The molecule has 1 amide bonds. The summed E-state index contributed by atoms with van der Waals surface area (Å²) in [4.78, 5) is 11.2. The van der Waals surface area contributed by atoms with Crippen molar-refractivity contribution < 1.29 is 52.7 Å². The first-order chi connectivity index (χ1) is 24.1. The Balaban J connectivity index is 1.85. The Kier molecular flexibility index (Phi) is 11.4. The van der Waals surface area contributed by atoms with Crippen molar-refractivity contribution in [2.45, 2.75) is 27.5 Å². The molecule has 18 nitrogen and oxygen atoms in total. The minimum absolute atomic E-state index is 0.0306. The largest absolute Gasteiger partial charge is 0.507 e. The molecule has 0 saturated heterocycles. The highest BCUT2D eigenvalue weighted by molar-refractivity contribution is 7.94. The molecule has 4 rings (SSSR count). The summed E-state index contributed by atoms with van der Waals surface area (Å²) in [5, 5.41) is 30.2. The van der Waals surface area contributed by atoms with Gasteiger partial charge in [-0.15, -0.1) is 15.3 Å². The van der Waals surface area contributed by atoms with Gasteiger partial charge in [-0.2, -0.15) is 21.9 Å². The number of benzene rings is 4. The van der Waals surface area contributed by atoms with E-state index in [4.69, 9.17) is 5.73 Å². The highest BCUT2D eigenvalue weighted by Crippen LogP contribution is 2.42. The molecule has 0 saturated carbocycles. The molecule has 0 aliphatic carbocycles. The molecule has 52 heavy (non-hydrogen) atoms. The van der Waals surface area contributed by atoms with Gasteiger partial charge in [0.1, 0.15) is 27.7 Å². The van der Waals surface area contributed by atoms with Gasteiger partial charge in [0.25, 0.3) is 20.2 Å². The van der Waals surface area contributed by atoms with E-state index in [9.17, 15) is 52.7 Å². The number of nitrogen functional groups attached to an aromatic ring is 1. The van der Waals surface area contributed by atoms with E-state index in [1.807, 2.05) is 0 Å². The number of nitrogens with one attached hydrogen (secondary N) is 1. The quantitative estimate of drug-likeness (QED) is 0.0587. The molecule has 274 valence electrons. The number of anilines is 2. The van der Waals surface area contributed by atoms with Gasteiger partial charge in [0.05, 0.1) is 38.0 Å². The maximum atomic E-state index is 12.9. The Hall–Kier alpha value is -5.39. The van der Waals surface area contributed by atoms with Crippen LogP contribution < -0.4 is 11.1 Å². The number of fused-ring (bicyclic) bond motifs is 1. The van der Waals surface area contributed by atoms with Crippen LogP contribution in [0.4, 0.5) is 34.1 Å². The lowest BCUT2D eigenvalue weighted by Gasteiger charge is -2.12. The second kappa shape index (κ2) is 15.1. The lowest BCUT2D eigenvalue weighted by Crippen LogP contribution is -2.13. The number of phenolic OH excluding ortho intramolecular Hbond substituents is 1. The first-order valence-corrected chi connectivity index (χ1v) is 20.4. The smallest absolute Gasteiger partial charge is 0.296 e. The van der Waals surface area contributed by atoms with Crippen molar-refractivity contribution in [3.05, 3.63) is 84.6 Å². The number of aromatic hydroxyl groups is 1. The minimum atomic E-state index is -5.13. The second-order valence-corrected chi connectivity index (χ2v) is 17.4. The van der Waals surface area contributed by atoms with Gasteiger partial charge in [-0.3, -0.25) is 13.9 Å². The number of sulfone groups is 2. The van der Waals surface area contributed by atoms with E-state index in [-0.39, 0.29) is 56.9 Å². The van der Waals surface area contributed by atoms with Crippen LogP contribution in [0.25, 0.3) is 10.8 Å². The standard InChI is InChI=1S/C30H28N6O12S4/c1-3-49(39,40)13-5-6-28(38)32-23-16-25(35-36-30-22(31)12-7-18-14-21(51(43,44)45)15-26(37)29(18)30)27(52(46,47)48)17-24(23)34-33-19-8-10-20(11-9-19)50(41,42)4-2/h3-4,7-12,14-17,37H,1-2,5-6,13,31H2,(H,32,38)(H,43,44,45)(H,46,47,48). The van der Waals surface area contributed by atoms with E-state index < -0.39 is 72.8 Å². The molecular weight excluding hydrogens is 765 g/mol. The maximum Gasteiger partial charge on any atom is 0.296 e. The van der Waals surface area contributed by atoms with Gasteiger partial charge in [-0.1, -0.05) is 19.2 Å². The summed E-state index contributed by atoms with van der Waals surface area (Å²) in [6.45, 7) is 6.45. The van der Waals surface area contributed by atoms with E-state index >= 15 is 0 Å². The fraction of sp³-hybridized carbons (Fsp3) is 0.100. The molecule has 4 aromatic carbocycles. The summed E-state index contributed by atoms with van der Waals surface area (Å²) in [5.41, 5.74) is 4.50. The molecule has 4 aromatic rings. The Labute approximate surface area is 297 Å². The van der Waals surface area contributed by atoms with Gasteiger partial charge in [0.15, 0.2) is 19.7 Å². The van der Waals surface area contributed by atoms with Crippen molar-refractivity contribution in [2.24, 2.45) is 20.5 Å². The van der Waals surface area contributed by atoms with Crippen molar-refractivity contribution >= 4 is 90.7 Å². The fourth-order valence-electron chi connectivity index (χ4n) is 4.44. The lowest BCUT2D eigenvalue weighted by molar-refractivity contribution is -0.116. The van der Waals surface area contributed by atoms with E-state index in [0.29, 0.717) is 0 Å². The summed E-state index contributed by atoms with van der Waals surface area (Å²) < 4.78 is 116. The Bertz CT molecular complexity index is 2620. The third kappa shape index (κ3) is 9.48. The SMILES string of the molecule is C=CS(=O)(=O)CCCC(=O)Nc1cc(N=Nc2c(N)ccc3cc(S(=O)(=O)O)cc(O)c23)c(S(=O)(=O)O)cc1N=Nc1ccc(S(=O)(=O)C=C)cc1. The third-order valence-electron chi connectivity index (χ3n) is 7.00. The van der Waals surface area contributed by atoms with Gasteiger partial charge in [0.2, 0.25) is 5.91 Å². The zero-order valence-electron chi connectivity index (χ0n) is 26.5. The number of azo groups is 2. The molecule has 0 unspecified atom stereocenters. The molecule has 0 bridgehead atoms. The summed E-state index contributed by atoms with van der Waals surface area (Å²) in [7, 11) is -17.3. The summed E-state index contributed by atoms with van der Waals surface area (Å²) >= 11 is 0. The number of nitrogens with two attached hydrogens (primary N) is 1. The first-order valence-electron chi connectivity index (χ1n) is 14.3. The normalized spacial score (nSPS) is 12.7. The molecule has 0 spiro atoms. The average molecular weight is 793 g/mol. The molecule has 0 aromatic heterocycles. The van der Waals surface area contributed by atoms with Gasteiger partial charge in [-0.25, -0.2) is 16.8 Å². The first kappa shape index (κ1) is 39.4. The van der Waals surface area contributed by atoms with Crippen molar-refractivity contribution in [2.75, 3.05) is 16.8 Å². The van der Waals surface area contributed by atoms with Gasteiger partial charge < -0.3 is 16.2 Å². The minimum Gasteiger partial charge on any atom is -0.507 e. The highest BCUT2D eigenvalue weighted by atomic mass is 32.2. The Morgan fingerprint density at radius 2 is 1.42 bits per heavy atom. The van der Waals surface area contributed by atoms with Crippen LogP contribution in [0.1, 0.15) is 12.8 Å². The predicted molar refractivity (Wildman–Crippen MR) is 190 cm³/mol. The monoisotopic (exact) mass is 792 g/mol. The highest BCUT2D eigenvalue weighted by Gasteiger charge is 2.22. The van der Waals surface area contributed by atoms with Crippen LogP contribution in [0, 0.1) is 0 Å². The molecule has 0 heterocycles. The molecule has 6 N–H and O–H groups in total. The third-order valence-corrected chi connectivity index (χ3v) is 11.5. The summed E-state index contributed by atoms with van der Waals surface area (Å²) in [6, 6.07) is 11.0. The van der Waals surface area contributed by atoms with Crippen molar-refractivity contribution in [3.8, 4) is 5.75 Å². The molecule has 0 atom stereocenters. The van der Waals surface area contributed by atoms with Crippen LogP contribution in [0.3, 0.4) is 0 Å². The van der Waals surface area contributed by atoms with Crippen molar-refractivity contribution in [1.29, 1.82) is 0 Å². The molecule has 0 aliphatic rings. The number of hydrogen-bond donors (Lipinski definition) is 5. The molecule has 0 aliphatic heterocycles. The van der Waals surface area contributed by atoms with E-state index in [1.54, 1.807) is 0 Å². The number of hydrogen-bond acceptors (Lipinski definition) is 15. The number of rotatable bonds is 14. The molecule has 0 fully saturated rings. The average Bonchev–Trinajstić information content (AvgIpc) is 3.06. The van der Waals surface area contributed by atoms with Gasteiger partial charge in [-0.05, 0) is 60.3 Å². The fourth-order valence-corrected chi connectivity index (χ4v) is 7.02. The van der Waals surface area contributed by atoms with Gasteiger partial charge in [0, 0.05) is 23.3 Å². The van der Waals surface area contributed by atoms with Crippen LogP contribution in [-0.4, -0.2) is 59.5 Å². The van der Waals surface area contributed by atoms with Crippen LogP contribution in [0.2, 0.25) is 0 Å². The Morgan fingerprint density at radius 3 is 2.02 bits per heavy atom. The van der Waals surface area contributed by atoms with Crippen molar-refractivity contribution in [3.63, 3.8) is 0 Å². The van der Waals surface area contributed by atoms with E-state index in [1.165, 1.54) is 36.4 Å². The Morgan fingerprint density at radius 1 is 0.769 bits per heavy atom. The van der Waals surface area contributed by atoms with Crippen LogP contribution in [0.15, 0.2) is 120 Å².